The molecule has 1 aliphatic heterocycles. The number of carboxylic acid groups (broad SMARTS) is 1. The van der Waals surface area contributed by atoms with Crippen LogP contribution in [0.15, 0.2) is 24.3 Å². The lowest BCUT2D eigenvalue weighted by Gasteiger charge is -2.29. The molecule has 0 saturated carbocycles. The molecule has 5 heteroatoms. The first-order valence-corrected chi connectivity index (χ1v) is 7.23. The van der Waals surface area contributed by atoms with E-state index in [1.165, 1.54) is 5.56 Å². The summed E-state index contributed by atoms with van der Waals surface area (Å²) < 4.78 is 1.83. The van der Waals surface area contributed by atoms with Crippen LogP contribution in [0, 0.1) is 6.92 Å². The molecule has 21 heavy (non-hydrogen) atoms. The van der Waals surface area contributed by atoms with Gasteiger partial charge >= 0.3 is 5.97 Å². The Labute approximate surface area is 123 Å². The van der Waals surface area contributed by atoms with Crippen LogP contribution in [-0.4, -0.2) is 27.4 Å². The van der Waals surface area contributed by atoms with Gasteiger partial charge in [-0.15, -0.1) is 0 Å². The van der Waals surface area contributed by atoms with Gasteiger partial charge in [0.1, 0.15) is 0 Å². The Morgan fingerprint density at radius 3 is 2.90 bits per heavy atom. The minimum absolute atomic E-state index is 0.198. The van der Waals surface area contributed by atoms with E-state index in [9.17, 15) is 9.90 Å². The van der Waals surface area contributed by atoms with Gasteiger partial charge in [-0.25, -0.2) is 4.79 Å². The van der Waals surface area contributed by atoms with E-state index in [0.29, 0.717) is 13.1 Å². The molecule has 1 N–H and O–H groups in total. The fourth-order valence-corrected chi connectivity index (χ4v) is 2.97. The Hall–Kier alpha value is -2.30. The number of aryl methyl sites for hydroxylation is 2. The maximum absolute atomic E-state index is 11.4. The molecule has 3 rings (SSSR count). The van der Waals surface area contributed by atoms with Crippen LogP contribution in [0.1, 0.15) is 34.2 Å². The van der Waals surface area contributed by atoms with Crippen LogP contribution in [0.2, 0.25) is 0 Å². The van der Waals surface area contributed by atoms with Crippen molar-refractivity contribution in [2.45, 2.75) is 33.4 Å². The molecule has 0 aliphatic carbocycles. The fraction of sp³-hybridized carbons (Fsp3) is 0.375. The van der Waals surface area contributed by atoms with Gasteiger partial charge in [-0.2, -0.15) is 5.10 Å². The van der Waals surface area contributed by atoms with Crippen molar-refractivity contribution in [3.63, 3.8) is 0 Å². The zero-order chi connectivity index (χ0) is 15.0. The van der Waals surface area contributed by atoms with Crippen LogP contribution in [0.3, 0.4) is 0 Å². The number of carbonyl (C=O) groups is 1. The van der Waals surface area contributed by atoms with E-state index < -0.39 is 5.97 Å². The zero-order valence-corrected chi connectivity index (χ0v) is 12.3. The van der Waals surface area contributed by atoms with E-state index in [1.54, 1.807) is 0 Å². The van der Waals surface area contributed by atoms with Crippen LogP contribution < -0.4 is 4.90 Å². The number of rotatable bonds is 3. The first-order chi connectivity index (χ1) is 10.1. The van der Waals surface area contributed by atoms with Crippen molar-refractivity contribution in [1.29, 1.82) is 0 Å². The number of aromatic carboxylic acids is 1. The highest BCUT2D eigenvalue weighted by atomic mass is 16.4. The molecule has 0 saturated heterocycles. The first kappa shape index (κ1) is 13.7. The highest BCUT2D eigenvalue weighted by Crippen LogP contribution is 2.27. The van der Waals surface area contributed by atoms with E-state index >= 15 is 0 Å². The predicted octanol–water partition coefficient (Wildman–Crippen LogP) is 2.47. The van der Waals surface area contributed by atoms with E-state index in [1.807, 2.05) is 17.7 Å². The summed E-state index contributed by atoms with van der Waals surface area (Å²) in [6.45, 7) is 6.27. The van der Waals surface area contributed by atoms with Gasteiger partial charge < -0.3 is 10.0 Å². The van der Waals surface area contributed by atoms with Gasteiger partial charge in [0, 0.05) is 43.0 Å². The number of benzene rings is 1. The number of nitrogens with zero attached hydrogens (tertiary/aromatic N) is 3. The first-order valence-electron chi connectivity index (χ1n) is 7.23. The monoisotopic (exact) mass is 285 g/mol. The zero-order valence-electron chi connectivity index (χ0n) is 12.3. The van der Waals surface area contributed by atoms with Crippen molar-refractivity contribution in [1.82, 2.24) is 9.78 Å². The Morgan fingerprint density at radius 1 is 1.43 bits per heavy atom. The lowest BCUT2D eigenvalue weighted by atomic mass is 10.0. The van der Waals surface area contributed by atoms with Crippen LogP contribution in [0.5, 0.6) is 0 Å². The largest absolute Gasteiger partial charge is 0.476 e. The summed E-state index contributed by atoms with van der Waals surface area (Å²) in [5, 5.41) is 13.6. The molecular weight excluding hydrogens is 266 g/mol. The number of hydrogen-bond donors (Lipinski definition) is 1. The molecule has 2 aromatic rings. The Morgan fingerprint density at radius 2 is 2.24 bits per heavy atom. The Kier molecular flexibility index (Phi) is 3.41. The molecule has 5 nitrogen and oxygen atoms in total. The second-order valence-corrected chi connectivity index (χ2v) is 5.41. The van der Waals surface area contributed by atoms with Gasteiger partial charge in [-0.05, 0) is 31.5 Å². The lowest BCUT2D eigenvalue weighted by molar-refractivity contribution is 0.0688. The van der Waals surface area contributed by atoms with Crippen molar-refractivity contribution in [2.24, 2.45) is 0 Å². The Balaban J connectivity index is 1.98. The summed E-state index contributed by atoms with van der Waals surface area (Å²) in [5.41, 5.74) is 4.47. The predicted molar refractivity (Wildman–Crippen MR) is 80.8 cm³/mol. The highest BCUT2D eigenvalue weighted by Gasteiger charge is 2.27. The van der Waals surface area contributed by atoms with E-state index in [0.717, 1.165) is 29.9 Å². The average molecular weight is 285 g/mol. The number of carboxylic acids is 1. The molecule has 0 unspecified atom stereocenters. The second kappa shape index (κ2) is 5.24. The average Bonchev–Trinajstić information content (AvgIpc) is 2.85. The molecule has 0 spiro atoms. The van der Waals surface area contributed by atoms with Crippen LogP contribution in [0.25, 0.3) is 0 Å². The molecule has 1 aromatic carbocycles. The molecular formula is C16H19N3O2. The topological polar surface area (TPSA) is 58.4 Å². The summed E-state index contributed by atoms with van der Waals surface area (Å²) in [6.07, 6.45) is 0.831. The smallest absolute Gasteiger partial charge is 0.356 e. The lowest BCUT2D eigenvalue weighted by Crippen LogP contribution is -2.31. The SMILES string of the molecule is CCn1nc(C(=O)O)c2c1CCN(c1cccc(C)c1)C2. The molecule has 0 amide bonds. The van der Waals surface area contributed by atoms with Crippen LogP contribution >= 0.6 is 0 Å². The number of aromatic nitrogens is 2. The second-order valence-electron chi connectivity index (χ2n) is 5.41. The van der Waals surface area contributed by atoms with Crippen LogP contribution in [0.4, 0.5) is 5.69 Å². The normalized spacial score (nSPS) is 14.1. The number of anilines is 1. The molecule has 0 atom stereocenters. The van der Waals surface area contributed by atoms with Gasteiger partial charge in [0.05, 0.1) is 0 Å². The molecule has 0 fully saturated rings. The third kappa shape index (κ3) is 2.39. The van der Waals surface area contributed by atoms with Gasteiger partial charge in [-0.1, -0.05) is 12.1 Å². The summed E-state index contributed by atoms with van der Waals surface area (Å²) in [4.78, 5) is 13.6. The van der Waals surface area contributed by atoms with E-state index in [4.69, 9.17) is 0 Å². The molecule has 2 heterocycles. The minimum Gasteiger partial charge on any atom is -0.476 e. The van der Waals surface area contributed by atoms with Crippen molar-refractivity contribution < 1.29 is 9.90 Å². The fourth-order valence-electron chi connectivity index (χ4n) is 2.97. The summed E-state index contributed by atoms with van der Waals surface area (Å²) in [6, 6.07) is 8.31. The summed E-state index contributed by atoms with van der Waals surface area (Å²) in [5.74, 6) is -0.940. The number of fused-ring (bicyclic) bond motifs is 1. The minimum atomic E-state index is -0.940. The highest BCUT2D eigenvalue weighted by molar-refractivity contribution is 5.87. The summed E-state index contributed by atoms with van der Waals surface area (Å²) in [7, 11) is 0. The Bertz CT molecular complexity index is 691. The molecule has 0 bridgehead atoms. The molecule has 1 aromatic heterocycles. The van der Waals surface area contributed by atoms with Crippen molar-refractivity contribution in [3.8, 4) is 0 Å². The van der Waals surface area contributed by atoms with Gasteiger partial charge in [0.2, 0.25) is 0 Å². The van der Waals surface area contributed by atoms with Gasteiger partial charge in [0.15, 0.2) is 5.69 Å². The van der Waals surface area contributed by atoms with Crippen molar-refractivity contribution in [2.75, 3.05) is 11.4 Å². The van der Waals surface area contributed by atoms with E-state index in [-0.39, 0.29) is 5.69 Å². The summed E-state index contributed by atoms with van der Waals surface area (Å²) >= 11 is 0. The quantitative estimate of drug-likeness (QED) is 0.941. The molecule has 110 valence electrons. The maximum Gasteiger partial charge on any atom is 0.356 e. The van der Waals surface area contributed by atoms with Crippen molar-refractivity contribution >= 4 is 11.7 Å². The third-order valence-electron chi connectivity index (χ3n) is 4.00. The van der Waals surface area contributed by atoms with Gasteiger partial charge in [0.25, 0.3) is 0 Å². The van der Waals surface area contributed by atoms with Crippen LogP contribution in [-0.2, 0) is 19.5 Å². The standard InChI is InChI=1S/C16H19N3O2/c1-3-19-14-7-8-18(12-6-4-5-11(2)9-12)10-13(14)15(17-19)16(20)21/h4-6,9H,3,7-8,10H2,1-2H3,(H,20,21). The third-order valence-corrected chi connectivity index (χ3v) is 4.00. The number of hydrogen-bond acceptors (Lipinski definition) is 3. The molecule has 0 radical (unpaired) electrons. The van der Waals surface area contributed by atoms with Crippen molar-refractivity contribution in [3.05, 3.63) is 46.8 Å². The van der Waals surface area contributed by atoms with E-state index in [2.05, 4.69) is 35.1 Å². The molecule has 1 aliphatic rings. The maximum atomic E-state index is 11.4. The van der Waals surface area contributed by atoms with Gasteiger partial charge in [-0.3, -0.25) is 4.68 Å².